The number of para-hydroxylation sites is 1. The Morgan fingerprint density at radius 2 is 1.90 bits per heavy atom. The number of hydrogen-bond acceptors (Lipinski definition) is 3. The molecule has 0 bridgehead atoms. The van der Waals surface area contributed by atoms with Gasteiger partial charge in [-0.05, 0) is 43.3 Å². The van der Waals surface area contributed by atoms with Gasteiger partial charge in [0.15, 0.2) is 6.10 Å². The summed E-state index contributed by atoms with van der Waals surface area (Å²) < 4.78 is 5.52. The molecule has 2 aromatic rings. The maximum absolute atomic E-state index is 12.0. The van der Waals surface area contributed by atoms with Crippen molar-refractivity contribution in [3.63, 3.8) is 0 Å². The number of anilines is 1. The van der Waals surface area contributed by atoms with E-state index in [4.69, 9.17) is 21.6 Å². The highest BCUT2D eigenvalue weighted by molar-refractivity contribution is 6.33. The lowest BCUT2D eigenvalue weighted by Crippen LogP contribution is -2.30. The third-order valence-electron chi connectivity index (χ3n) is 2.80. The zero-order chi connectivity index (χ0) is 15.2. The minimum atomic E-state index is -0.686. The van der Waals surface area contributed by atoms with E-state index < -0.39 is 6.10 Å². The molecule has 2 rings (SSSR count). The molecule has 2 aromatic carbocycles. The highest BCUT2D eigenvalue weighted by Gasteiger charge is 2.15. The van der Waals surface area contributed by atoms with E-state index in [2.05, 4.69) is 5.32 Å². The summed E-state index contributed by atoms with van der Waals surface area (Å²) in [5.41, 5.74) is 1.08. The Morgan fingerprint density at radius 1 is 1.24 bits per heavy atom. The third-order valence-corrected chi connectivity index (χ3v) is 3.13. The maximum Gasteiger partial charge on any atom is 0.265 e. The van der Waals surface area contributed by atoms with Gasteiger partial charge in [-0.3, -0.25) is 4.79 Å². The van der Waals surface area contributed by atoms with Crippen molar-refractivity contribution in [2.75, 3.05) is 5.32 Å². The second kappa shape index (κ2) is 6.78. The fourth-order valence-electron chi connectivity index (χ4n) is 1.66. The molecule has 0 saturated carbocycles. The molecule has 0 radical (unpaired) electrons. The Hall–Kier alpha value is -2.51. The van der Waals surface area contributed by atoms with E-state index in [0.717, 1.165) is 0 Å². The van der Waals surface area contributed by atoms with E-state index in [1.54, 1.807) is 55.5 Å². The van der Waals surface area contributed by atoms with Crippen molar-refractivity contribution in [3.8, 4) is 11.8 Å². The number of ether oxygens (including phenoxy) is 1. The summed E-state index contributed by atoms with van der Waals surface area (Å²) in [4.78, 5) is 12.0. The fraction of sp³-hybridized carbons (Fsp3) is 0.125. The van der Waals surface area contributed by atoms with Crippen LogP contribution in [-0.4, -0.2) is 12.0 Å². The van der Waals surface area contributed by atoms with Crippen LogP contribution >= 0.6 is 11.6 Å². The predicted octanol–water partition coefficient (Wildman–Crippen LogP) is 3.62. The van der Waals surface area contributed by atoms with Crippen molar-refractivity contribution in [2.24, 2.45) is 0 Å². The van der Waals surface area contributed by atoms with Gasteiger partial charge < -0.3 is 10.1 Å². The van der Waals surface area contributed by atoms with Crippen LogP contribution in [0.3, 0.4) is 0 Å². The van der Waals surface area contributed by atoms with Crippen LogP contribution in [0.1, 0.15) is 12.5 Å². The summed E-state index contributed by atoms with van der Waals surface area (Å²) in [6.45, 7) is 1.64. The number of hydrogen-bond donors (Lipinski definition) is 1. The van der Waals surface area contributed by atoms with Crippen LogP contribution in [-0.2, 0) is 4.79 Å². The maximum atomic E-state index is 12.0. The Morgan fingerprint density at radius 3 is 2.52 bits per heavy atom. The van der Waals surface area contributed by atoms with Gasteiger partial charge in [0.25, 0.3) is 5.91 Å². The lowest BCUT2D eigenvalue weighted by molar-refractivity contribution is -0.122. The number of nitriles is 1. The summed E-state index contributed by atoms with van der Waals surface area (Å²) in [5, 5.41) is 11.9. The number of nitrogens with zero attached hydrogens (tertiary/aromatic N) is 1. The number of carbonyl (C=O) groups excluding carboxylic acids is 1. The molecule has 0 saturated heterocycles. The van der Waals surface area contributed by atoms with Gasteiger partial charge in [-0.2, -0.15) is 5.26 Å². The number of carbonyl (C=O) groups is 1. The van der Waals surface area contributed by atoms with Gasteiger partial charge in [0.05, 0.1) is 22.3 Å². The van der Waals surface area contributed by atoms with Crippen molar-refractivity contribution >= 4 is 23.2 Å². The van der Waals surface area contributed by atoms with Crippen molar-refractivity contribution in [1.82, 2.24) is 0 Å². The largest absolute Gasteiger partial charge is 0.481 e. The monoisotopic (exact) mass is 300 g/mol. The van der Waals surface area contributed by atoms with E-state index in [9.17, 15) is 4.79 Å². The average molecular weight is 301 g/mol. The second-order valence-corrected chi connectivity index (χ2v) is 4.77. The molecule has 0 unspecified atom stereocenters. The van der Waals surface area contributed by atoms with Crippen LogP contribution in [0.5, 0.6) is 5.75 Å². The molecule has 5 heteroatoms. The lowest BCUT2D eigenvalue weighted by atomic mass is 10.2. The predicted molar refractivity (Wildman–Crippen MR) is 81.3 cm³/mol. The molecule has 4 nitrogen and oxygen atoms in total. The molecule has 106 valence electrons. The van der Waals surface area contributed by atoms with Gasteiger partial charge >= 0.3 is 0 Å². The van der Waals surface area contributed by atoms with Crippen LogP contribution in [0, 0.1) is 11.3 Å². The number of nitrogens with one attached hydrogen (secondary N) is 1. The minimum absolute atomic E-state index is 0.299. The van der Waals surface area contributed by atoms with Crippen molar-refractivity contribution in [1.29, 1.82) is 5.26 Å². The highest BCUT2D eigenvalue weighted by atomic mass is 35.5. The topological polar surface area (TPSA) is 62.1 Å². The molecule has 1 N–H and O–H groups in total. The zero-order valence-corrected chi connectivity index (χ0v) is 12.1. The smallest absolute Gasteiger partial charge is 0.265 e. The van der Waals surface area contributed by atoms with E-state index in [0.29, 0.717) is 22.0 Å². The molecule has 0 spiro atoms. The van der Waals surface area contributed by atoms with Gasteiger partial charge in [0.2, 0.25) is 0 Å². The zero-order valence-electron chi connectivity index (χ0n) is 11.3. The van der Waals surface area contributed by atoms with E-state index in [-0.39, 0.29) is 5.91 Å². The molecular weight excluding hydrogens is 288 g/mol. The number of amides is 1. The molecule has 0 heterocycles. The van der Waals surface area contributed by atoms with Gasteiger partial charge in [0, 0.05) is 0 Å². The first-order valence-corrected chi connectivity index (χ1v) is 6.70. The quantitative estimate of drug-likeness (QED) is 0.938. The van der Waals surface area contributed by atoms with Gasteiger partial charge in [-0.1, -0.05) is 23.7 Å². The summed E-state index contributed by atoms with van der Waals surface area (Å²) in [6.07, 6.45) is -0.686. The van der Waals surface area contributed by atoms with Crippen LogP contribution in [0.15, 0.2) is 48.5 Å². The molecule has 0 aliphatic rings. The number of rotatable bonds is 4. The van der Waals surface area contributed by atoms with Crippen LogP contribution in [0.4, 0.5) is 5.69 Å². The average Bonchev–Trinajstić information content (AvgIpc) is 2.50. The lowest BCUT2D eigenvalue weighted by Gasteiger charge is -2.15. The fourth-order valence-corrected chi connectivity index (χ4v) is 1.85. The normalized spacial score (nSPS) is 11.3. The van der Waals surface area contributed by atoms with Crippen molar-refractivity contribution < 1.29 is 9.53 Å². The second-order valence-electron chi connectivity index (χ2n) is 4.37. The van der Waals surface area contributed by atoms with E-state index in [1.807, 2.05) is 6.07 Å². The Balaban J connectivity index is 1.99. The molecule has 21 heavy (non-hydrogen) atoms. The molecule has 0 aliphatic heterocycles. The Kier molecular flexibility index (Phi) is 4.81. The standard InChI is InChI=1S/C16H13ClN2O2/c1-11(21-13-8-6-12(10-18)7-9-13)16(20)19-15-5-3-2-4-14(15)17/h2-9,11H,1H3,(H,19,20)/t11-/m1/s1. The summed E-state index contributed by atoms with van der Waals surface area (Å²) in [6, 6.07) is 15.6. The Bertz CT molecular complexity index is 677. The molecular formula is C16H13ClN2O2. The van der Waals surface area contributed by atoms with Crippen molar-refractivity contribution in [2.45, 2.75) is 13.0 Å². The molecule has 0 fully saturated rings. The van der Waals surface area contributed by atoms with Crippen LogP contribution in [0.2, 0.25) is 5.02 Å². The van der Waals surface area contributed by atoms with E-state index in [1.165, 1.54) is 0 Å². The number of halogens is 1. The summed E-state index contributed by atoms with van der Waals surface area (Å²) in [5.74, 6) is 0.225. The van der Waals surface area contributed by atoms with Crippen molar-refractivity contribution in [3.05, 3.63) is 59.1 Å². The molecule has 1 atom stereocenters. The van der Waals surface area contributed by atoms with E-state index >= 15 is 0 Å². The summed E-state index contributed by atoms with van der Waals surface area (Å²) >= 11 is 5.98. The first-order chi connectivity index (χ1) is 10.1. The Labute approximate surface area is 127 Å². The first kappa shape index (κ1) is 14.9. The number of benzene rings is 2. The highest BCUT2D eigenvalue weighted by Crippen LogP contribution is 2.21. The van der Waals surface area contributed by atoms with Crippen LogP contribution < -0.4 is 10.1 Å². The SMILES string of the molecule is C[C@@H](Oc1ccc(C#N)cc1)C(=O)Nc1ccccc1Cl. The first-order valence-electron chi connectivity index (χ1n) is 6.32. The van der Waals surface area contributed by atoms with Gasteiger partial charge in [0.1, 0.15) is 5.75 Å². The van der Waals surface area contributed by atoms with Gasteiger partial charge in [-0.25, -0.2) is 0 Å². The minimum Gasteiger partial charge on any atom is -0.481 e. The summed E-state index contributed by atoms with van der Waals surface area (Å²) in [7, 11) is 0. The molecule has 0 aromatic heterocycles. The molecule has 1 amide bonds. The molecule has 0 aliphatic carbocycles. The van der Waals surface area contributed by atoms with Crippen LogP contribution in [0.25, 0.3) is 0 Å². The van der Waals surface area contributed by atoms with Gasteiger partial charge in [-0.15, -0.1) is 0 Å². The third kappa shape index (κ3) is 3.98.